The molecule has 5 rings (SSSR count). The van der Waals surface area contributed by atoms with Gasteiger partial charge in [0.25, 0.3) is 0 Å². The quantitative estimate of drug-likeness (QED) is 0.147. The SMILES string of the molecule is CC(=O)N[C@H]1[C@@H](OCc2ccccc2)O[C@@H]2CO[C@@H](c3ccccc3)O[C@H]2[C@@H]1O[C@H](C)C(=O)N[C@@H](C)C(=O)N[C@H](CCC(=O)OCc1ccccc1)C(N)=O. The summed E-state index contributed by atoms with van der Waals surface area (Å²) in [6.45, 7) is 4.59. The van der Waals surface area contributed by atoms with Crippen LogP contribution in [0.2, 0.25) is 0 Å². The van der Waals surface area contributed by atoms with Crippen molar-refractivity contribution in [3.63, 3.8) is 0 Å². The number of carbonyl (C=O) groups is 5. The van der Waals surface area contributed by atoms with E-state index in [0.717, 1.165) is 16.7 Å². The highest BCUT2D eigenvalue weighted by molar-refractivity contribution is 5.92. The molecule has 3 aromatic rings. The van der Waals surface area contributed by atoms with E-state index in [1.807, 2.05) is 78.9 Å². The standard InChI is InChI=1S/C40H48N4O11/c1-24(37(48)44-30(36(41)47)19-20-32(46)50-21-27-13-7-4-8-14-27)42-38(49)25(2)53-35-33(43-26(3)45)40(51-22-28-15-9-5-10-16-28)54-31-23-52-39(55-34(31)35)29-17-11-6-12-18-29/h4-18,24-25,30-31,33-35,39-40H,19-23H2,1-3H3,(H2,41,47)(H,42,49)(H,43,45)(H,44,48)/t24-,25+,30+,31+,33+,34+,35+,39+,40-/m0/s1. The van der Waals surface area contributed by atoms with E-state index in [1.54, 1.807) is 12.1 Å². The van der Waals surface area contributed by atoms with Gasteiger partial charge in [0.1, 0.15) is 49.1 Å². The summed E-state index contributed by atoms with van der Waals surface area (Å²) in [5, 5.41) is 7.97. The van der Waals surface area contributed by atoms with E-state index in [9.17, 15) is 24.0 Å². The first-order valence-electron chi connectivity index (χ1n) is 18.1. The summed E-state index contributed by atoms with van der Waals surface area (Å²) in [6.07, 6.45) is -5.76. The predicted octanol–water partition coefficient (Wildman–Crippen LogP) is 2.32. The number of primary amides is 1. The Morgan fingerprint density at radius 1 is 0.818 bits per heavy atom. The number of amides is 4. The van der Waals surface area contributed by atoms with E-state index in [4.69, 9.17) is 34.2 Å². The highest BCUT2D eigenvalue weighted by atomic mass is 16.8. The molecular formula is C40H48N4O11. The van der Waals surface area contributed by atoms with Gasteiger partial charge in [-0.1, -0.05) is 91.0 Å². The van der Waals surface area contributed by atoms with Crippen LogP contribution < -0.4 is 21.7 Å². The van der Waals surface area contributed by atoms with Crippen molar-refractivity contribution in [3.05, 3.63) is 108 Å². The first-order chi connectivity index (χ1) is 26.5. The number of hydrogen-bond donors (Lipinski definition) is 4. The van der Waals surface area contributed by atoms with E-state index in [1.165, 1.54) is 20.8 Å². The van der Waals surface area contributed by atoms with Crippen LogP contribution >= 0.6 is 0 Å². The van der Waals surface area contributed by atoms with Crippen LogP contribution in [-0.4, -0.2) is 85.0 Å². The molecule has 0 spiro atoms. The third-order valence-electron chi connectivity index (χ3n) is 9.06. The first kappa shape index (κ1) is 41.0. The largest absolute Gasteiger partial charge is 0.461 e. The third kappa shape index (κ3) is 11.9. The lowest BCUT2D eigenvalue weighted by molar-refractivity contribution is -0.351. The Balaban J connectivity index is 1.23. The normalized spacial score (nSPS) is 23.5. The summed E-state index contributed by atoms with van der Waals surface area (Å²) < 4.78 is 36.6. The molecule has 55 heavy (non-hydrogen) atoms. The number of nitrogens with one attached hydrogen (secondary N) is 3. The summed E-state index contributed by atoms with van der Waals surface area (Å²) >= 11 is 0. The van der Waals surface area contributed by atoms with E-state index >= 15 is 0 Å². The number of benzene rings is 3. The van der Waals surface area contributed by atoms with Crippen LogP contribution in [0.15, 0.2) is 91.0 Å². The molecule has 15 heteroatoms. The number of rotatable bonds is 17. The van der Waals surface area contributed by atoms with Gasteiger partial charge in [-0.3, -0.25) is 24.0 Å². The van der Waals surface area contributed by atoms with Gasteiger partial charge in [0, 0.05) is 18.9 Å². The van der Waals surface area contributed by atoms with Gasteiger partial charge in [-0.15, -0.1) is 0 Å². The molecule has 5 N–H and O–H groups in total. The number of fused-ring (bicyclic) bond motifs is 1. The maximum atomic E-state index is 13.5. The predicted molar refractivity (Wildman–Crippen MR) is 196 cm³/mol. The Kier molecular flexibility index (Phi) is 14.9. The molecule has 9 atom stereocenters. The molecule has 2 saturated heterocycles. The Morgan fingerprint density at radius 2 is 1.44 bits per heavy atom. The van der Waals surface area contributed by atoms with E-state index in [2.05, 4.69) is 16.0 Å². The number of nitrogens with two attached hydrogens (primary N) is 1. The maximum Gasteiger partial charge on any atom is 0.306 e. The summed E-state index contributed by atoms with van der Waals surface area (Å²) in [5.41, 5.74) is 7.94. The van der Waals surface area contributed by atoms with Crippen molar-refractivity contribution < 1.29 is 52.4 Å². The van der Waals surface area contributed by atoms with Crippen LogP contribution in [0.4, 0.5) is 0 Å². The summed E-state index contributed by atoms with van der Waals surface area (Å²) in [6, 6.07) is 24.5. The fourth-order valence-electron chi connectivity index (χ4n) is 6.14. The van der Waals surface area contributed by atoms with Crippen molar-refractivity contribution in [2.75, 3.05) is 6.61 Å². The first-order valence-corrected chi connectivity index (χ1v) is 18.1. The molecular weight excluding hydrogens is 712 g/mol. The zero-order valence-electron chi connectivity index (χ0n) is 31.0. The second-order valence-corrected chi connectivity index (χ2v) is 13.4. The molecule has 2 aliphatic rings. The Bertz CT molecular complexity index is 1730. The van der Waals surface area contributed by atoms with E-state index in [0.29, 0.717) is 0 Å². The van der Waals surface area contributed by atoms with Gasteiger partial charge < -0.3 is 50.1 Å². The van der Waals surface area contributed by atoms with Crippen LogP contribution in [0.25, 0.3) is 0 Å². The van der Waals surface area contributed by atoms with Crippen LogP contribution in [0.5, 0.6) is 0 Å². The van der Waals surface area contributed by atoms with Crippen molar-refractivity contribution >= 4 is 29.6 Å². The third-order valence-corrected chi connectivity index (χ3v) is 9.06. The van der Waals surface area contributed by atoms with Crippen LogP contribution in [0.1, 0.15) is 56.6 Å². The fraction of sp³-hybridized carbons (Fsp3) is 0.425. The molecule has 0 unspecified atom stereocenters. The molecule has 2 aliphatic heterocycles. The molecule has 0 radical (unpaired) electrons. The van der Waals surface area contributed by atoms with Crippen molar-refractivity contribution in [1.82, 2.24) is 16.0 Å². The second-order valence-electron chi connectivity index (χ2n) is 13.4. The molecule has 4 amide bonds. The van der Waals surface area contributed by atoms with Gasteiger partial charge in [-0.05, 0) is 31.4 Å². The zero-order chi connectivity index (χ0) is 39.3. The van der Waals surface area contributed by atoms with Gasteiger partial charge in [0.2, 0.25) is 23.6 Å². The average Bonchev–Trinajstić information content (AvgIpc) is 3.19. The lowest BCUT2D eigenvalue weighted by Crippen LogP contribution is -2.68. The smallest absolute Gasteiger partial charge is 0.306 e. The van der Waals surface area contributed by atoms with Crippen LogP contribution in [0, 0.1) is 0 Å². The summed E-state index contributed by atoms with van der Waals surface area (Å²) in [7, 11) is 0. The van der Waals surface area contributed by atoms with Gasteiger partial charge in [0.05, 0.1) is 13.2 Å². The van der Waals surface area contributed by atoms with Gasteiger partial charge in [-0.2, -0.15) is 0 Å². The van der Waals surface area contributed by atoms with Gasteiger partial charge in [-0.25, -0.2) is 0 Å². The molecule has 294 valence electrons. The van der Waals surface area contributed by atoms with Gasteiger partial charge in [0.15, 0.2) is 12.6 Å². The number of hydrogen-bond acceptors (Lipinski definition) is 11. The lowest BCUT2D eigenvalue weighted by Gasteiger charge is -2.49. The molecule has 0 bridgehead atoms. The minimum atomic E-state index is -1.20. The Morgan fingerprint density at radius 3 is 2.05 bits per heavy atom. The highest BCUT2D eigenvalue weighted by Gasteiger charge is 2.52. The second kappa shape index (κ2) is 19.9. The molecule has 0 saturated carbocycles. The Labute approximate surface area is 319 Å². The van der Waals surface area contributed by atoms with Crippen molar-refractivity contribution in [2.45, 2.75) is 102 Å². The molecule has 2 fully saturated rings. The molecule has 15 nitrogen and oxygen atoms in total. The number of esters is 1. The van der Waals surface area contributed by atoms with Crippen LogP contribution in [-0.2, 0) is 65.6 Å². The molecule has 2 heterocycles. The highest BCUT2D eigenvalue weighted by Crippen LogP contribution is 2.36. The summed E-state index contributed by atoms with van der Waals surface area (Å²) in [4.78, 5) is 63.7. The maximum absolute atomic E-state index is 13.5. The topological polar surface area (TPSA) is 203 Å². The lowest BCUT2D eigenvalue weighted by atomic mass is 9.95. The van der Waals surface area contributed by atoms with Crippen LogP contribution in [0.3, 0.4) is 0 Å². The number of carbonyl (C=O) groups excluding carboxylic acids is 5. The molecule has 0 aromatic heterocycles. The minimum absolute atomic E-state index is 0.0618. The fourth-order valence-corrected chi connectivity index (χ4v) is 6.14. The van der Waals surface area contributed by atoms with Gasteiger partial charge >= 0.3 is 5.97 Å². The monoisotopic (exact) mass is 760 g/mol. The summed E-state index contributed by atoms with van der Waals surface area (Å²) in [5.74, 6) is -3.19. The number of ether oxygens (including phenoxy) is 6. The molecule has 0 aliphatic carbocycles. The minimum Gasteiger partial charge on any atom is -0.461 e. The average molecular weight is 761 g/mol. The Hall–Kier alpha value is -5.19. The molecule has 3 aromatic carbocycles. The van der Waals surface area contributed by atoms with Crippen molar-refractivity contribution in [1.29, 1.82) is 0 Å². The van der Waals surface area contributed by atoms with Crippen molar-refractivity contribution in [3.8, 4) is 0 Å². The van der Waals surface area contributed by atoms with Crippen molar-refractivity contribution in [2.24, 2.45) is 5.73 Å². The van der Waals surface area contributed by atoms with E-state index < -0.39 is 84.7 Å². The van der Waals surface area contributed by atoms with E-state index in [-0.39, 0.29) is 32.7 Å². The zero-order valence-corrected chi connectivity index (χ0v) is 31.0.